The minimum Gasteiger partial charge on any atom is -0.507 e. The van der Waals surface area contributed by atoms with Gasteiger partial charge in [0.15, 0.2) is 0 Å². The minimum atomic E-state index is -0.184. The molecular formula is C17H21NO2. The third kappa shape index (κ3) is 2.72. The Bertz CT molecular complexity index is 592. The van der Waals surface area contributed by atoms with Gasteiger partial charge in [-0.3, -0.25) is 0 Å². The van der Waals surface area contributed by atoms with Crippen LogP contribution in [0.25, 0.3) is 0 Å². The molecule has 0 radical (unpaired) electrons. The standard InChI is InChI=1S/C17H21NO2/c1-10-8-11(2)17(12(3)9-10)18-13(4)16-14(19)6-5-7-15(16)20/h5-9,13,18-20H,1-4H3. The van der Waals surface area contributed by atoms with E-state index in [4.69, 9.17) is 0 Å². The highest BCUT2D eigenvalue weighted by Crippen LogP contribution is 2.35. The Morgan fingerprint density at radius 1 is 0.950 bits per heavy atom. The van der Waals surface area contributed by atoms with E-state index in [9.17, 15) is 10.2 Å². The van der Waals surface area contributed by atoms with E-state index in [1.807, 2.05) is 6.92 Å². The van der Waals surface area contributed by atoms with Gasteiger partial charge >= 0.3 is 0 Å². The van der Waals surface area contributed by atoms with Gasteiger partial charge < -0.3 is 15.5 Å². The van der Waals surface area contributed by atoms with Crippen molar-refractivity contribution < 1.29 is 10.2 Å². The van der Waals surface area contributed by atoms with Crippen molar-refractivity contribution in [3.05, 3.63) is 52.6 Å². The molecule has 2 aromatic rings. The molecule has 3 heteroatoms. The van der Waals surface area contributed by atoms with Crippen LogP contribution in [0.5, 0.6) is 11.5 Å². The zero-order valence-electron chi connectivity index (χ0n) is 12.4. The summed E-state index contributed by atoms with van der Waals surface area (Å²) in [5, 5.41) is 23.2. The molecular weight excluding hydrogens is 250 g/mol. The lowest BCUT2D eigenvalue weighted by atomic mass is 10.0. The van der Waals surface area contributed by atoms with Gasteiger partial charge in [-0.15, -0.1) is 0 Å². The third-order valence-corrected chi connectivity index (χ3v) is 3.53. The van der Waals surface area contributed by atoms with Crippen LogP contribution >= 0.6 is 0 Å². The second kappa shape index (κ2) is 5.45. The number of nitrogens with one attached hydrogen (secondary N) is 1. The molecule has 0 amide bonds. The molecule has 106 valence electrons. The Balaban J connectivity index is 2.35. The summed E-state index contributed by atoms with van der Waals surface area (Å²) in [5.41, 5.74) is 5.11. The first-order chi connectivity index (χ1) is 9.40. The number of phenols is 2. The molecule has 0 saturated heterocycles. The van der Waals surface area contributed by atoms with Gasteiger partial charge in [0.1, 0.15) is 11.5 Å². The molecule has 0 aliphatic rings. The van der Waals surface area contributed by atoms with Crippen LogP contribution in [0.1, 0.15) is 35.2 Å². The molecule has 0 bridgehead atoms. The summed E-state index contributed by atoms with van der Waals surface area (Å²) in [6.07, 6.45) is 0. The van der Waals surface area contributed by atoms with E-state index in [0.717, 1.165) is 16.8 Å². The molecule has 0 aliphatic heterocycles. The molecule has 2 aromatic carbocycles. The number of benzene rings is 2. The Hall–Kier alpha value is -2.16. The summed E-state index contributed by atoms with van der Waals surface area (Å²) < 4.78 is 0. The van der Waals surface area contributed by atoms with Crippen LogP contribution in [-0.4, -0.2) is 10.2 Å². The summed E-state index contributed by atoms with van der Waals surface area (Å²) in [6.45, 7) is 8.11. The zero-order chi connectivity index (χ0) is 14.9. The van der Waals surface area contributed by atoms with Crippen molar-refractivity contribution in [1.82, 2.24) is 0 Å². The normalized spacial score (nSPS) is 12.2. The average molecular weight is 271 g/mol. The molecule has 0 saturated carbocycles. The van der Waals surface area contributed by atoms with Gasteiger partial charge in [-0.25, -0.2) is 0 Å². The van der Waals surface area contributed by atoms with Crippen LogP contribution in [-0.2, 0) is 0 Å². The van der Waals surface area contributed by atoms with Gasteiger partial charge in [0.05, 0.1) is 11.6 Å². The maximum atomic E-state index is 9.92. The molecule has 3 N–H and O–H groups in total. The van der Waals surface area contributed by atoms with Crippen molar-refractivity contribution in [1.29, 1.82) is 0 Å². The minimum absolute atomic E-state index is 0.104. The van der Waals surface area contributed by atoms with Crippen molar-refractivity contribution in [3.63, 3.8) is 0 Å². The monoisotopic (exact) mass is 271 g/mol. The Kier molecular flexibility index (Phi) is 3.89. The lowest BCUT2D eigenvalue weighted by molar-refractivity contribution is 0.434. The summed E-state index contributed by atoms with van der Waals surface area (Å²) in [7, 11) is 0. The number of aryl methyl sites for hydroxylation is 3. The van der Waals surface area contributed by atoms with Gasteiger partial charge in [-0.1, -0.05) is 23.8 Å². The van der Waals surface area contributed by atoms with Gasteiger partial charge in [0.25, 0.3) is 0 Å². The van der Waals surface area contributed by atoms with E-state index in [-0.39, 0.29) is 17.5 Å². The fourth-order valence-corrected chi connectivity index (χ4v) is 2.68. The zero-order valence-corrected chi connectivity index (χ0v) is 12.4. The summed E-state index contributed by atoms with van der Waals surface area (Å²) in [5.74, 6) is 0.208. The summed E-state index contributed by atoms with van der Waals surface area (Å²) >= 11 is 0. The molecule has 0 aromatic heterocycles. The Morgan fingerprint density at radius 3 is 1.95 bits per heavy atom. The van der Waals surface area contributed by atoms with E-state index in [0.29, 0.717) is 5.56 Å². The quantitative estimate of drug-likeness (QED) is 0.784. The Morgan fingerprint density at radius 2 is 1.45 bits per heavy atom. The van der Waals surface area contributed by atoms with Gasteiger partial charge in [-0.05, 0) is 51.0 Å². The van der Waals surface area contributed by atoms with Crippen LogP contribution in [0, 0.1) is 20.8 Å². The second-order valence-corrected chi connectivity index (χ2v) is 5.35. The number of phenolic OH excluding ortho intramolecular Hbond substituents is 2. The largest absolute Gasteiger partial charge is 0.507 e. The topological polar surface area (TPSA) is 52.5 Å². The molecule has 1 atom stereocenters. The SMILES string of the molecule is Cc1cc(C)c(NC(C)c2c(O)cccc2O)c(C)c1. The smallest absolute Gasteiger partial charge is 0.124 e. The molecule has 0 heterocycles. The van der Waals surface area contributed by atoms with E-state index in [1.54, 1.807) is 18.2 Å². The van der Waals surface area contributed by atoms with E-state index in [1.165, 1.54) is 5.56 Å². The van der Waals surface area contributed by atoms with Gasteiger partial charge in [0.2, 0.25) is 0 Å². The second-order valence-electron chi connectivity index (χ2n) is 5.35. The van der Waals surface area contributed by atoms with Crippen molar-refractivity contribution in [2.24, 2.45) is 0 Å². The Labute approximate surface area is 119 Å². The summed E-state index contributed by atoms with van der Waals surface area (Å²) in [6, 6.07) is 8.85. The van der Waals surface area contributed by atoms with E-state index >= 15 is 0 Å². The maximum Gasteiger partial charge on any atom is 0.124 e. The molecule has 3 nitrogen and oxygen atoms in total. The number of hydrogen-bond donors (Lipinski definition) is 3. The molecule has 20 heavy (non-hydrogen) atoms. The van der Waals surface area contributed by atoms with Crippen LogP contribution in [0.3, 0.4) is 0 Å². The van der Waals surface area contributed by atoms with Crippen LogP contribution in [0.15, 0.2) is 30.3 Å². The van der Waals surface area contributed by atoms with Crippen molar-refractivity contribution in [3.8, 4) is 11.5 Å². The maximum absolute atomic E-state index is 9.92. The summed E-state index contributed by atoms with van der Waals surface area (Å²) in [4.78, 5) is 0. The van der Waals surface area contributed by atoms with Gasteiger partial charge in [0, 0.05) is 5.69 Å². The van der Waals surface area contributed by atoms with Crippen LogP contribution < -0.4 is 5.32 Å². The van der Waals surface area contributed by atoms with E-state index in [2.05, 4.69) is 38.2 Å². The first-order valence-corrected chi connectivity index (χ1v) is 6.75. The van der Waals surface area contributed by atoms with E-state index < -0.39 is 0 Å². The highest BCUT2D eigenvalue weighted by atomic mass is 16.3. The predicted molar refractivity (Wildman–Crippen MR) is 82.5 cm³/mol. The highest BCUT2D eigenvalue weighted by molar-refractivity contribution is 5.60. The molecule has 0 aliphatic carbocycles. The van der Waals surface area contributed by atoms with Crippen molar-refractivity contribution in [2.75, 3.05) is 5.32 Å². The van der Waals surface area contributed by atoms with Crippen LogP contribution in [0.4, 0.5) is 5.69 Å². The molecule has 1 unspecified atom stereocenters. The van der Waals surface area contributed by atoms with Crippen molar-refractivity contribution in [2.45, 2.75) is 33.7 Å². The van der Waals surface area contributed by atoms with Crippen LogP contribution in [0.2, 0.25) is 0 Å². The fraction of sp³-hybridized carbons (Fsp3) is 0.294. The lowest BCUT2D eigenvalue weighted by Crippen LogP contribution is -2.09. The number of rotatable bonds is 3. The third-order valence-electron chi connectivity index (χ3n) is 3.53. The number of anilines is 1. The average Bonchev–Trinajstić information content (AvgIpc) is 2.33. The highest BCUT2D eigenvalue weighted by Gasteiger charge is 2.16. The van der Waals surface area contributed by atoms with Gasteiger partial charge in [-0.2, -0.15) is 0 Å². The number of hydrogen-bond acceptors (Lipinski definition) is 3. The van der Waals surface area contributed by atoms with Crippen molar-refractivity contribution >= 4 is 5.69 Å². The first-order valence-electron chi connectivity index (χ1n) is 6.75. The molecule has 2 rings (SSSR count). The molecule has 0 spiro atoms. The molecule has 0 fully saturated rings. The number of aromatic hydroxyl groups is 2. The predicted octanol–water partition coefficient (Wildman–Crippen LogP) is 4.20. The lowest BCUT2D eigenvalue weighted by Gasteiger charge is -2.21. The fourth-order valence-electron chi connectivity index (χ4n) is 2.68. The first kappa shape index (κ1) is 14.3.